The normalized spacial score (nSPS) is 33.9. The van der Waals surface area contributed by atoms with Crippen LogP contribution in [0.4, 0.5) is 0 Å². The van der Waals surface area contributed by atoms with Crippen molar-refractivity contribution in [2.45, 2.75) is 75.0 Å². The van der Waals surface area contributed by atoms with Crippen LogP contribution >= 0.6 is 0 Å². The lowest BCUT2D eigenvalue weighted by Gasteiger charge is -2.65. The number of rotatable bonds is 2. The van der Waals surface area contributed by atoms with E-state index in [2.05, 4.69) is 72.8 Å². The smallest absolute Gasteiger partial charge is 0.0339 e. The van der Waals surface area contributed by atoms with Gasteiger partial charge in [0, 0.05) is 10.8 Å². The maximum atomic E-state index is 2.63. The predicted octanol–water partition coefficient (Wildman–Crippen LogP) is 7.66. The molecule has 1 saturated carbocycles. The van der Waals surface area contributed by atoms with E-state index in [-0.39, 0.29) is 10.8 Å². The Bertz CT molecular complexity index is 797. The molecule has 0 spiro atoms. The Morgan fingerprint density at radius 3 is 1.32 bits per heavy atom. The van der Waals surface area contributed by atoms with Gasteiger partial charge in [0.1, 0.15) is 0 Å². The molecular formula is C28H32. The summed E-state index contributed by atoms with van der Waals surface area (Å²) in [6, 6.07) is 23.0. The van der Waals surface area contributed by atoms with Crippen LogP contribution in [-0.4, -0.2) is 0 Å². The van der Waals surface area contributed by atoms with Gasteiger partial charge in [-0.2, -0.15) is 0 Å². The molecule has 0 nitrogen and oxygen atoms in total. The van der Waals surface area contributed by atoms with Crippen LogP contribution in [0.2, 0.25) is 0 Å². The third-order valence-corrected chi connectivity index (χ3v) is 7.68. The van der Waals surface area contributed by atoms with Gasteiger partial charge in [0.15, 0.2) is 0 Å². The molecule has 0 heterocycles. The molecule has 0 aromatic heterocycles. The zero-order valence-electron chi connectivity index (χ0n) is 17.0. The molecular weight excluding hydrogens is 336 g/mol. The highest BCUT2D eigenvalue weighted by Crippen LogP contribution is 2.70. The van der Waals surface area contributed by atoms with Gasteiger partial charge in [-0.15, -0.1) is 0 Å². The number of hydrogen-bond acceptors (Lipinski definition) is 0. The van der Waals surface area contributed by atoms with Gasteiger partial charge in [-0.3, -0.25) is 0 Å². The van der Waals surface area contributed by atoms with E-state index in [1.54, 1.807) is 22.3 Å². The largest absolute Gasteiger partial charge is 0.0801 e. The molecule has 0 N–H and O–H groups in total. The molecule has 28 heavy (non-hydrogen) atoms. The highest BCUT2D eigenvalue weighted by Gasteiger charge is 2.65. The Balaban J connectivity index is 1.81. The lowest BCUT2D eigenvalue weighted by atomic mass is 9.36. The number of fused-ring (bicyclic) bond motifs is 4. The van der Waals surface area contributed by atoms with Gasteiger partial charge in [0.2, 0.25) is 0 Å². The molecule has 0 saturated heterocycles. The predicted molar refractivity (Wildman–Crippen MR) is 119 cm³/mol. The molecule has 1 fully saturated rings. The molecule has 2 aromatic carbocycles. The van der Waals surface area contributed by atoms with Crippen LogP contribution in [0.3, 0.4) is 0 Å². The van der Waals surface area contributed by atoms with Crippen LogP contribution in [0.25, 0.3) is 0 Å². The molecule has 0 heteroatoms. The van der Waals surface area contributed by atoms with Crippen LogP contribution in [0.1, 0.15) is 75.3 Å². The summed E-state index contributed by atoms with van der Waals surface area (Å²) >= 11 is 0. The monoisotopic (exact) mass is 368 g/mol. The van der Waals surface area contributed by atoms with Gasteiger partial charge in [0.05, 0.1) is 0 Å². The molecule has 5 rings (SSSR count). The summed E-state index contributed by atoms with van der Waals surface area (Å²) in [6.07, 6.45) is 18.4. The average molecular weight is 369 g/mol. The molecule has 0 radical (unpaired) electrons. The van der Waals surface area contributed by atoms with Crippen molar-refractivity contribution in [3.63, 3.8) is 0 Å². The highest BCUT2D eigenvalue weighted by atomic mass is 14.7. The van der Waals surface area contributed by atoms with E-state index in [0.717, 1.165) is 0 Å². The van der Waals surface area contributed by atoms with Crippen LogP contribution < -0.4 is 0 Å². The number of benzene rings is 2. The summed E-state index contributed by atoms with van der Waals surface area (Å²) < 4.78 is 0. The highest BCUT2D eigenvalue weighted by molar-refractivity contribution is 5.71. The molecule has 0 bridgehead atoms. The van der Waals surface area contributed by atoms with Crippen molar-refractivity contribution in [3.8, 4) is 0 Å². The van der Waals surface area contributed by atoms with E-state index in [4.69, 9.17) is 0 Å². The quantitative estimate of drug-likeness (QED) is 0.510. The summed E-state index contributed by atoms with van der Waals surface area (Å²) in [5.41, 5.74) is 6.74. The summed E-state index contributed by atoms with van der Waals surface area (Å²) in [5.74, 6) is 0. The number of hydrogen-bond donors (Lipinski definition) is 0. The van der Waals surface area contributed by atoms with Crippen LogP contribution in [-0.2, 0) is 10.8 Å². The average Bonchev–Trinajstić information content (AvgIpc) is 2.72. The van der Waals surface area contributed by atoms with Gasteiger partial charge in [-0.1, -0.05) is 98.5 Å². The van der Waals surface area contributed by atoms with Gasteiger partial charge < -0.3 is 0 Å². The molecule has 3 aliphatic carbocycles. The fraction of sp³-hybridized carbons (Fsp3) is 0.429. The Morgan fingerprint density at radius 1 is 0.464 bits per heavy atom. The first kappa shape index (κ1) is 18.0. The van der Waals surface area contributed by atoms with Crippen molar-refractivity contribution < 1.29 is 0 Å². The zero-order chi connectivity index (χ0) is 18.9. The van der Waals surface area contributed by atoms with Crippen molar-refractivity contribution in [1.82, 2.24) is 0 Å². The van der Waals surface area contributed by atoms with Crippen molar-refractivity contribution in [3.05, 3.63) is 95.1 Å². The minimum atomic E-state index is 0.152. The van der Waals surface area contributed by atoms with E-state index < -0.39 is 0 Å². The van der Waals surface area contributed by atoms with E-state index >= 15 is 0 Å². The SMILES string of the molecule is C1=C2/C3=C/CCCCC[C@]3(c3ccccc3)[C@@]2(c2ccccc2)CCCCC/1. The Labute approximate surface area is 170 Å². The third-order valence-electron chi connectivity index (χ3n) is 7.68. The van der Waals surface area contributed by atoms with Gasteiger partial charge in [0.25, 0.3) is 0 Å². The fourth-order valence-electron chi connectivity index (χ4n) is 6.57. The Morgan fingerprint density at radius 2 is 0.893 bits per heavy atom. The summed E-state index contributed by atoms with van der Waals surface area (Å²) in [6.45, 7) is 0. The standard InChI is InChI=1S/C28H32/c1-3-13-21-27(23-15-7-5-8-16-23)25(19-11-1)26-20-12-2-4-14-22-28(26,27)24-17-9-6-10-18-24/h5-10,15-20H,1-4,11-14,21-22H2/b25-19-,26-20-/t27-,28-/m1/s1. The second kappa shape index (κ2) is 7.39. The van der Waals surface area contributed by atoms with Gasteiger partial charge in [-0.25, -0.2) is 0 Å². The Hall–Kier alpha value is -2.08. The van der Waals surface area contributed by atoms with E-state index in [9.17, 15) is 0 Å². The van der Waals surface area contributed by atoms with Crippen molar-refractivity contribution >= 4 is 0 Å². The van der Waals surface area contributed by atoms with Crippen LogP contribution in [0, 0.1) is 0 Å². The molecule has 3 aliphatic rings. The fourth-order valence-corrected chi connectivity index (χ4v) is 6.57. The minimum Gasteiger partial charge on any atom is -0.0801 e. The van der Waals surface area contributed by atoms with Crippen LogP contribution in [0.5, 0.6) is 0 Å². The summed E-state index contributed by atoms with van der Waals surface area (Å²) in [7, 11) is 0. The maximum absolute atomic E-state index is 2.63. The first-order valence-electron chi connectivity index (χ1n) is 11.4. The van der Waals surface area contributed by atoms with E-state index in [0.29, 0.717) is 0 Å². The molecule has 0 unspecified atom stereocenters. The van der Waals surface area contributed by atoms with Crippen LogP contribution in [0.15, 0.2) is 84.0 Å². The first-order valence-corrected chi connectivity index (χ1v) is 11.4. The molecule has 0 amide bonds. The lowest BCUT2D eigenvalue weighted by molar-refractivity contribution is 0.184. The minimum absolute atomic E-state index is 0.152. The second-order valence-electron chi connectivity index (χ2n) is 8.98. The van der Waals surface area contributed by atoms with Crippen molar-refractivity contribution in [2.75, 3.05) is 0 Å². The molecule has 2 aromatic rings. The van der Waals surface area contributed by atoms with Crippen molar-refractivity contribution in [2.24, 2.45) is 0 Å². The van der Waals surface area contributed by atoms with E-state index in [1.165, 1.54) is 64.2 Å². The third kappa shape index (κ3) is 2.50. The van der Waals surface area contributed by atoms with Gasteiger partial charge in [-0.05, 0) is 60.8 Å². The number of allylic oxidation sites excluding steroid dienone is 4. The maximum Gasteiger partial charge on any atom is 0.0339 e. The molecule has 2 atom stereocenters. The van der Waals surface area contributed by atoms with Crippen molar-refractivity contribution in [1.29, 1.82) is 0 Å². The van der Waals surface area contributed by atoms with E-state index in [1.807, 2.05) is 0 Å². The topological polar surface area (TPSA) is 0 Å². The molecule has 144 valence electrons. The summed E-state index contributed by atoms with van der Waals surface area (Å²) in [4.78, 5) is 0. The second-order valence-corrected chi connectivity index (χ2v) is 8.98. The molecule has 0 aliphatic heterocycles. The Kier molecular flexibility index (Phi) is 4.75. The van der Waals surface area contributed by atoms with Gasteiger partial charge >= 0.3 is 0 Å². The summed E-state index contributed by atoms with van der Waals surface area (Å²) in [5, 5.41) is 0. The lowest BCUT2D eigenvalue weighted by Crippen LogP contribution is -2.62. The zero-order valence-corrected chi connectivity index (χ0v) is 17.0. The first-order chi connectivity index (χ1) is 13.9.